The van der Waals surface area contributed by atoms with Crippen LogP contribution in [-0.2, 0) is 6.42 Å². The summed E-state index contributed by atoms with van der Waals surface area (Å²) in [5.41, 5.74) is 1.25. The zero-order valence-electron chi connectivity index (χ0n) is 7.43. The SMILES string of the molecule is CCSc1cccc(CC)c1Cl. The van der Waals surface area contributed by atoms with Gasteiger partial charge >= 0.3 is 0 Å². The maximum absolute atomic E-state index is 6.17. The number of rotatable bonds is 3. The Labute approximate surface area is 83.3 Å². The summed E-state index contributed by atoms with van der Waals surface area (Å²) in [6.45, 7) is 4.27. The first kappa shape index (κ1) is 9.94. The molecule has 0 nitrogen and oxygen atoms in total. The molecule has 0 N–H and O–H groups in total. The highest BCUT2D eigenvalue weighted by Gasteiger charge is 2.03. The molecule has 1 rings (SSSR count). The van der Waals surface area contributed by atoms with Crippen molar-refractivity contribution in [3.05, 3.63) is 28.8 Å². The van der Waals surface area contributed by atoms with Crippen molar-refractivity contribution in [3.8, 4) is 0 Å². The van der Waals surface area contributed by atoms with E-state index in [-0.39, 0.29) is 0 Å². The number of halogens is 1. The molecule has 0 radical (unpaired) electrons. The maximum Gasteiger partial charge on any atom is 0.0573 e. The van der Waals surface area contributed by atoms with Gasteiger partial charge in [0, 0.05) is 4.90 Å². The van der Waals surface area contributed by atoms with Crippen molar-refractivity contribution in [2.75, 3.05) is 5.75 Å². The smallest absolute Gasteiger partial charge is 0.0573 e. The van der Waals surface area contributed by atoms with Crippen molar-refractivity contribution in [3.63, 3.8) is 0 Å². The summed E-state index contributed by atoms with van der Waals surface area (Å²) in [5, 5.41) is 0.937. The highest BCUT2D eigenvalue weighted by molar-refractivity contribution is 7.99. The van der Waals surface area contributed by atoms with Crippen molar-refractivity contribution in [2.45, 2.75) is 25.2 Å². The molecule has 0 aromatic heterocycles. The molecule has 0 heterocycles. The van der Waals surface area contributed by atoms with Crippen LogP contribution in [0.5, 0.6) is 0 Å². The van der Waals surface area contributed by atoms with Gasteiger partial charge in [-0.15, -0.1) is 11.8 Å². The molecule has 0 amide bonds. The third-order valence-corrected chi connectivity index (χ3v) is 3.22. The average molecular weight is 201 g/mol. The van der Waals surface area contributed by atoms with Gasteiger partial charge in [-0.25, -0.2) is 0 Å². The summed E-state index contributed by atoms with van der Waals surface area (Å²) in [6, 6.07) is 6.24. The number of hydrogen-bond acceptors (Lipinski definition) is 1. The monoisotopic (exact) mass is 200 g/mol. The minimum atomic E-state index is 0.937. The van der Waals surface area contributed by atoms with E-state index in [1.807, 2.05) is 0 Å². The first-order chi connectivity index (χ1) is 5.79. The first-order valence-electron chi connectivity index (χ1n) is 4.19. The molecular weight excluding hydrogens is 188 g/mol. The average Bonchev–Trinajstić information content (AvgIpc) is 2.09. The lowest BCUT2D eigenvalue weighted by molar-refractivity contribution is 1.12. The zero-order valence-corrected chi connectivity index (χ0v) is 9.00. The van der Waals surface area contributed by atoms with E-state index < -0.39 is 0 Å². The van der Waals surface area contributed by atoms with Gasteiger partial charge in [0.2, 0.25) is 0 Å². The molecule has 66 valence electrons. The normalized spacial score (nSPS) is 10.2. The van der Waals surface area contributed by atoms with Crippen molar-refractivity contribution in [2.24, 2.45) is 0 Å². The van der Waals surface area contributed by atoms with E-state index in [0.717, 1.165) is 17.2 Å². The largest absolute Gasteiger partial charge is 0.125 e. The van der Waals surface area contributed by atoms with E-state index in [1.165, 1.54) is 10.5 Å². The van der Waals surface area contributed by atoms with Crippen LogP contribution >= 0.6 is 23.4 Å². The van der Waals surface area contributed by atoms with Gasteiger partial charge in [-0.1, -0.05) is 37.6 Å². The van der Waals surface area contributed by atoms with Crippen molar-refractivity contribution >= 4 is 23.4 Å². The summed E-state index contributed by atoms with van der Waals surface area (Å²) in [4.78, 5) is 1.21. The van der Waals surface area contributed by atoms with Gasteiger partial charge in [-0.05, 0) is 23.8 Å². The second-order valence-corrected chi connectivity index (χ2v) is 4.20. The van der Waals surface area contributed by atoms with E-state index in [0.29, 0.717) is 0 Å². The van der Waals surface area contributed by atoms with Crippen LogP contribution in [0.4, 0.5) is 0 Å². The quantitative estimate of drug-likeness (QED) is 0.665. The molecule has 0 saturated carbocycles. The fraction of sp³-hybridized carbons (Fsp3) is 0.400. The second kappa shape index (κ2) is 4.78. The summed E-state index contributed by atoms with van der Waals surface area (Å²) in [6.07, 6.45) is 1.01. The van der Waals surface area contributed by atoms with Gasteiger partial charge < -0.3 is 0 Å². The minimum Gasteiger partial charge on any atom is -0.125 e. The molecule has 0 fully saturated rings. The van der Waals surface area contributed by atoms with E-state index in [9.17, 15) is 0 Å². The molecule has 0 spiro atoms. The Morgan fingerprint density at radius 3 is 2.67 bits per heavy atom. The fourth-order valence-electron chi connectivity index (χ4n) is 1.10. The Bertz CT molecular complexity index is 258. The number of thioether (sulfide) groups is 1. The molecule has 0 aliphatic heterocycles. The fourth-order valence-corrected chi connectivity index (χ4v) is 2.26. The van der Waals surface area contributed by atoms with Crippen molar-refractivity contribution in [1.82, 2.24) is 0 Å². The Morgan fingerprint density at radius 1 is 1.33 bits per heavy atom. The zero-order chi connectivity index (χ0) is 8.97. The Balaban J connectivity index is 2.97. The van der Waals surface area contributed by atoms with E-state index in [2.05, 4.69) is 32.0 Å². The molecule has 1 aromatic rings. The van der Waals surface area contributed by atoms with Crippen LogP contribution in [0.25, 0.3) is 0 Å². The minimum absolute atomic E-state index is 0.937. The Hall–Kier alpha value is -0.140. The third kappa shape index (κ3) is 2.18. The topological polar surface area (TPSA) is 0 Å². The van der Waals surface area contributed by atoms with Gasteiger partial charge in [0.05, 0.1) is 5.02 Å². The van der Waals surface area contributed by atoms with Gasteiger partial charge in [0.15, 0.2) is 0 Å². The molecule has 1 aromatic carbocycles. The number of aryl methyl sites for hydroxylation is 1. The van der Waals surface area contributed by atoms with E-state index in [1.54, 1.807) is 11.8 Å². The van der Waals surface area contributed by atoms with Crippen molar-refractivity contribution < 1.29 is 0 Å². The molecular formula is C10H13ClS. The van der Waals surface area contributed by atoms with Crippen LogP contribution in [0.3, 0.4) is 0 Å². The predicted octanol–water partition coefficient (Wildman–Crippen LogP) is 4.01. The summed E-state index contributed by atoms with van der Waals surface area (Å²) < 4.78 is 0. The Kier molecular flexibility index (Phi) is 3.96. The van der Waals surface area contributed by atoms with Crippen LogP contribution in [0.15, 0.2) is 23.1 Å². The second-order valence-electron chi connectivity index (χ2n) is 2.52. The Morgan fingerprint density at radius 2 is 2.08 bits per heavy atom. The van der Waals surface area contributed by atoms with E-state index in [4.69, 9.17) is 11.6 Å². The van der Waals surface area contributed by atoms with Gasteiger partial charge in [-0.3, -0.25) is 0 Å². The molecule has 0 atom stereocenters. The lowest BCUT2D eigenvalue weighted by Gasteiger charge is -2.05. The van der Waals surface area contributed by atoms with Crippen molar-refractivity contribution in [1.29, 1.82) is 0 Å². The molecule has 0 aliphatic rings. The lowest BCUT2D eigenvalue weighted by atomic mass is 10.2. The van der Waals surface area contributed by atoms with Crippen LogP contribution in [0.1, 0.15) is 19.4 Å². The highest BCUT2D eigenvalue weighted by atomic mass is 35.5. The standard InChI is InChI=1S/C10H13ClS/c1-3-8-6-5-7-9(10(8)11)12-4-2/h5-7H,3-4H2,1-2H3. The molecule has 0 unspecified atom stereocenters. The maximum atomic E-state index is 6.17. The number of hydrogen-bond donors (Lipinski definition) is 0. The summed E-state index contributed by atoms with van der Waals surface area (Å²) >= 11 is 7.97. The van der Waals surface area contributed by atoms with Gasteiger partial charge in [0.1, 0.15) is 0 Å². The summed E-state index contributed by atoms with van der Waals surface area (Å²) in [7, 11) is 0. The van der Waals surface area contributed by atoms with Crippen LogP contribution in [-0.4, -0.2) is 5.75 Å². The molecule has 0 saturated heterocycles. The highest BCUT2D eigenvalue weighted by Crippen LogP contribution is 2.29. The molecule has 2 heteroatoms. The first-order valence-corrected chi connectivity index (χ1v) is 5.56. The predicted molar refractivity (Wildman–Crippen MR) is 57.2 cm³/mol. The lowest BCUT2D eigenvalue weighted by Crippen LogP contribution is -1.84. The molecule has 0 bridgehead atoms. The van der Waals surface area contributed by atoms with E-state index >= 15 is 0 Å². The van der Waals surface area contributed by atoms with Crippen LogP contribution in [0, 0.1) is 0 Å². The summed E-state index contributed by atoms with van der Waals surface area (Å²) in [5.74, 6) is 1.08. The number of benzene rings is 1. The van der Waals surface area contributed by atoms with Crippen LogP contribution in [0.2, 0.25) is 5.02 Å². The van der Waals surface area contributed by atoms with Crippen LogP contribution < -0.4 is 0 Å². The third-order valence-electron chi connectivity index (χ3n) is 1.72. The van der Waals surface area contributed by atoms with Gasteiger partial charge in [0.25, 0.3) is 0 Å². The molecule has 0 aliphatic carbocycles. The van der Waals surface area contributed by atoms with Gasteiger partial charge in [-0.2, -0.15) is 0 Å². The molecule has 12 heavy (non-hydrogen) atoms.